The molecule has 0 fully saturated rings. The quantitative estimate of drug-likeness (QED) is 0.407. The molecular formula is C8H10N4O3S. The van der Waals surface area contributed by atoms with Gasteiger partial charge < -0.3 is 20.7 Å². The average Bonchev–Trinajstić information content (AvgIpc) is 2.69. The summed E-state index contributed by atoms with van der Waals surface area (Å²) in [6.07, 6.45) is 0.567. The minimum absolute atomic E-state index is 0.0164. The molecule has 0 saturated heterocycles. The number of nitrogens with two attached hydrogens (primary N) is 1. The number of carbonyl (C=O) groups is 2. The molecule has 0 aliphatic rings. The Morgan fingerprint density at radius 2 is 2.56 bits per heavy atom. The van der Waals surface area contributed by atoms with E-state index in [0.29, 0.717) is 17.1 Å². The third kappa shape index (κ3) is 3.02. The van der Waals surface area contributed by atoms with E-state index >= 15 is 0 Å². The highest BCUT2D eigenvalue weighted by atomic mass is 32.1. The van der Waals surface area contributed by atoms with E-state index in [1.165, 1.54) is 18.4 Å². The largest absolute Gasteiger partial charge is 0.398 e. The summed E-state index contributed by atoms with van der Waals surface area (Å²) in [6, 6.07) is 0. The van der Waals surface area contributed by atoms with Crippen molar-refractivity contribution < 1.29 is 14.4 Å². The Morgan fingerprint density at radius 1 is 1.81 bits per heavy atom. The van der Waals surface area contributed by atoms with Crippen LogP contribution in [0, 0.1) is 0 Å². The first-order chi connectivity index (χ1) is 7.69. The van der Waals surface area contributed by atoms with Gasteiger partial charge in [-0.05, 0) is 0 Å². The summed E-state index contributed by atoms with van der Waals surface area (Å²) >= 11 is 1.18. The van der Waals surface area contributed by atoms with Crippen LogP contribution in [0.25, 0.3) is 0 Å². The Bertz CT molecular complexity index is 415. The first-order valence-electron chi connectivity index (χ1n) is 4.23. The van der Waals surface area contributed by atoms with Crippen molar-refractivity contribution >= 4 is 34.4 Å². The number of aromatic nitrogens is 1. The van der Waals surface area contributed by atoms with E-state index in [1.807, 2.05) is 0 Å². The summed E-state index contributed by atoms with van der Waals surface area (Å²) in [4.78, 5) is 30.1. The van der Waals surface area contributed by atoms with Gasteiger partial charge in [0, 0.05) is 5.38 Å². The predicted octanol–water partition coefficient (Wildman–Crippen LogP) is -0.609. The van der Waals surface area contributed by atoms with Crippen LogP contribution >= 0.6 is 11.3 Å². The van der Waals surface area contributed by atoms with Gasteiger partial charge >= 0.3 is 0 Å². The Hall–Kier alpha value is -1.96. The summed E-state index contributed by atoms with van der Waals surface area (Å²) in [5.41, 5.74) is 5.73. The summed E-state index contributed by atoms with van der Waals surface area (Å²) in [5.74, 6) is -0.542. The molecule has 0 radical (unpaired) electrons. The monoisotopic (exact) mass is 242 g/mol. The fourth-order valence-corrected chi connectivity index (χ4v) is 1.46. The predicted molar refractivity (Wildman–Crippen MR) is 59.1 cm³/mol. The maximum Gasteiger partial charge on any atom is 0.275 e. The van der Waals surface area contributed by atoms with E-state index in [1.54, 1.807) is 5.38 Å². The summed E-state index contributed by atoms with van der Waals surface area (Å²) in [7, 11) is 1.31. The molecule has 7 nitrogen and oxygen atoms in total. The van der Waals surface area contributed by atoms with Crippen LogP contribution in [0.15, 0.2) is 10.5 Å². The van der Waals surface area contributed by atoms with Crippen molar-refractivity contribution in [1.29, 1.82) is 0 Å². The number of hydrogen-bond donors (Lipinski definition) is 2. The second-order valence-corrected chi connectivity index (χ2v) is 3.46. The van der Waals surface area contributed by atoms with Gasteiger partial charge in [-0.2, -0.15) is 0 Å². The lowest BCUT2D eigenvalue weighted by molar-refractivity contribution is -0.117. The first-order valence-corrected chi connectivity index (χ1v) is 5.11. The number of nitrogen functional groups attached to an aromatic ring is 1. The number of hydrogen-bond acceptors (Lipinski definition) is 7. The molecule has 0 spiro atoms. The maximum atomic E-state index is 11.5. The molecule has 0 aliphatic carbocycles. The fraction of sp³-hybridized carbons (Fsp3) is 0.250. The number of nitrogens with one attached hydrogen (secondary N) is 1. The number of nitrogens with zero attached hydrogens (tertiary/aromatic N) is 2. The molecule has 8 heteroatoms. The second kappa shape index (κ2) is 5.81. The summed E-state index contributed by atoms with van der Waals surface area (Å²) < 4.78 is 0. The number of anilines is 1. The Balaban J connectivity index is 2.87. The second-order valence-electron chi connectivity index (χ2n) is 2.57. The smallest absolute Gasteiger partial charge is 0.275 e. The number of thiazole rings is 1. The van der Waals surface area contributed by atoms with Crippen LogP contribution in [0.5, 0.6) is 0 Å². The number of oxime groups is 1. The van der Waals surface area contributed by atoms with Crippen LogP contribution in [-0.4, -0.2) is 36.5 Å². The van der Waals surface area contributed by atoms with Crippen molar-refractivity contribution in [1.82, 2.24) is 10.3 Å². The molecular weight excluding hydrogens is 232 g/mol. The molecule has 1 rings (SSSR count). The average molecular weight is 242 g/mol. The molecule has 1 aromatic rings. The summed E-state index contributed by atoms with van der Waals surface area (Å²) in [5, 5.41) is 7.77. The number of carbonyl (C=O) groups excluding carboxylic acids is 2. The van der Waals surface area contributed by atoms with Crippen LogP contribution in [0.3, 0.4) is 0 Å². The molecule has 16 heavy (non-hydrogen) atoms. The molecule has 3 N–H and O–H groups in total. The normalized spacial score (nSPS) is 10.9. The fourth-order valence-electron chi connectivity index (χ4n) is 0.910. The van der Waals surface area contributed by atoms with Crippen LogP contribution < -0.4 is 11.1 Å². The van der Waals surface area contributed by atoms with Crippen molar-refractivity contribution in [3.63, 3.8) is 0 Å². The van der Waals surface area contributed by atoms with Crippen molar-refractivity contribution in [3.05, 3.63) is 11.1 Å². The van der Waals surface area contributed by atoms with Gasteiger partial charge in [-0.15, -0.1) is 11.3 Å². The van der Waals surface area contributed by atoms with Gasteiger partial charge in [-0.1, -0.05) is 5.16 Å². The van der Waals surface area contributed by atoms with E-state index in [0.717, 1.165) is 0 Å². The van der Waals surface area contributed by atoms with Crippen molar-refractivity contribution in [2.24, 2.45) is 5.16 Å². The van der Waals surface area contributed by atoms with Gasteiger partial charge in [-0.3, -0.25) is 4.79 Å². The van der Waals surface area contributed by atoms with Crippen LogP contribution in [0.2, 0.25) is 0 Å². The van der Waals surface area contributed by atoms with E-state index in [2.05, 4.69) is 20.3 Å². The Morgan fingerprint density at radius 3 is 3.06 bits per heavy atom. The molecule has 86 valence electrons. The van der Waals surface area contributed by atoms with Gasteiger partial charge in [0.2, 0.25) is 0 Å². The van der Waals surface area contributed by atoms with Crippen molar-refractivity contribution in [2.75, 3.05) is 19.4 Å². The van der Waals surface area contributed by atoms with Crippen molar-refractivity contribution in [2.45, 2.75) is 0 Å². The number of amides is 1. The van der Waals surface area contributed by atoms with Crippen LogP contribution in [0.1, 0.15) is 5.69 Å². The van der Waals surface area contributed by atoms with Gasteiger partial charge in [0.25, 0.3) is 5.91 Å². The highest BCUT2D eigenvalue weighted by Gasteiger charge is 2.17. The van der Waals surface area contributed by atoms with E-state index < -0.39 is 5.91 Å². The molecule has 0 bridgehead atoms. The molecule has 0 aromatic carbocycles. The van der Waals surface area contributed by atoms with Gasteiger partial charge in [0.05, 0.1) is 6.54 Å². The molecule has 1 amide bonds. The topological polar surface area (TPSA) is 107 Å². The minimum Gasteiger partial charge on any atom is -0.398 e. The zero-order valence-electron chi connectivity index (χ0n) is 8.47. The molecule has 0 unspecified atom stereocenters. The molecule has 0 aliphatic heterocycles. The van der Waals surface area contributed by atoms with E-state index in [-0.39, 0.29) is 12.3 Å². The van der Waals surface area contributed by atoms with Gasteiger partial charge in [-0.25, -0.2) is 4.98 Å². The maximum absolute atomic E-state index is 11.5. The van der Waals surface area contributed by atoms with E-state index in [9.17, 15) is 9.59 Å². The molecule has 1 aromatic heterocycles. The standard InChI is InChI=1S/C8H10N4O3S/c1-15-12-6(7(14)10-2-3-13)5-4-16-8(9)11-5/h3-4H,2H2,1H3,(H2,9,11)(H,10,14)/b12-6+. The van der Waals surface area contributed by atoms with Gasteiger partial charge in [0.1, 0.15) is 19.1 Å². The molecule has 1 heterocycles. The molecule has 0 saturated carbocycles. The highest BCUT2D eigenvalue weighted by molar-refractivity contribution is 7.13. The van der Waals surface area contributed by atoms with Crippen LogP contribution in [0.4, 0.5) is 5.13 Å². The zero-order chi connectivity index (χ0) is 12.0. The Kier molecular flexibility index (Phi) is 4.40. The zero-order valence-corrected chi connectivity index (χ0v) is 9.28. The SMILES string of the molecule is CO/N=C(/C(=O)NCC=O)c1csc(N)n1. The lowest BCUT2D eigenvalue weighted by Gasteiger charge is -2.01. The lowest BCUT2D eigenvalue weighted by Crippen LogP contribution is -2.33. The van der Waals surface area contributed by atoms with Gasteiger partial charge in [0.15, 0.2) is 10.8 Å². The number of rotatable bonds is 5. The Labute approximate surface area is 95.3 Å². The minimum atomic E-state index is -0.542. The first kappa shape index (κ1) is 12.1. The number of aldehydes is 1. The molecule has 0 atom stereocenters. The summed E-state index contributed by atoms with van der Waals surface area (Å²) in [6.45, 7) is -0.0960. The highest BCUT2D eigenvalue weighted by Crippen LogP contribution is 2.12. The third-order valence-electron chi connectivity index (χ3n) is 1.51. The van der Waals surface area contributed by atoms with E-state index in [4.69, 9.17) is 5.73 Å². The van der Waals surface area contributed by atoms with Crippen molar-refractivity contribution in [3.8, 4) is 0 Å². The third-order valence-corrected chi connectivity index (χ3v) is 2.18. The van der Waals surface area contributed by atoms with Crippen LogP contribution in [-0.2, 0) is 14.4 Å². The lowest BCUT2D eigenvalue weighted by atomic mass is 10.3.